The number of benzene rings is 2. The van der Waals surface area contributed by atoms with E-state index in [1.54, 1.807) is 0 Å². The third-order valence-corrected chi connectivity index (χ3v) is 10.1. The number of aliphatic hydroxyl groups excluding tert-OH is 1. The second-order valence-corrected chi connectivity index (χ2v) is 12.0. The average molecular weight is 487 g/mol. The van der Waals surface area contributed by atoms with Crippen molar-refractivity contribution >= 4 is 5.91 Å². The molecule has 4 heteroatoms. The van der Waals surface area contributed by atoms with Crippen molar-refractivity contribution in [2.75, 3.05) is 19.6 Å². The van der Waals surface area contributed by atoms with E-state index in [0.717, 1.165) is 57.3 Å². The van der Waals surface area contributed by atoms with E-state index >= 15 is 0 Å². The van der Waals surface area contributed by atoms with Crippen LogP contribution in [0.15, 0.2) is 48.5 Å². The van der Waals surface area contributed by atoms with Gasteiger partial charge in [0.2, 0.25) is 5.91 Å². The number of aryl methyl sites for hydroxylation is 1. The van der Waals surface area contributed by atoms with E-state index in [4.69, 9.17) is 0 Å². The molecule has 2 aromatic carbocycles. The first-order chi connectivity index (χ1) is 17.7. The van der Waals surface area contributed by atoms with Crippen LogP contribution in [0.1, 0.15) is 86.0 Å². The van der Waals surface area contributed by atoms with Gasteiger partial charge < -0.3 is 15.3 Å². The summed E-state index contributed by atoms with van der Waals surface area (Å²) >= 11 is 0. The van der Waals surface area contributed by atoms with E-state index in [-0.39, 0.29) is 17.9 Å². The second-order valence-electron chi connectivity index (χ2n) is 12.0. The number of fused-ring (bicyclic) bond motifs is 2. The lowest BCUT2D eigenvalue weighted by Crippen LogP contribution is -2.55. The minimum Gasteiger partial charge on any atom is -0.392 e. The molecule has 2 heterocycles. The molecule has 36 heavy (non-hydrogen) atoms. The third-order valence-electron chi connectivity index (χ3n) is 10.1. The SMILES string of the molecule is O=C([C@@H]1CNC[C@]12CCCc1cc(CO)ccc12)N1CC[C@@H](c2ccccc2)C[C@H]1C1CCCCC1. The molecule has 192 valence electrons. The Hall–Kier alpha value is -2.17. The molecule has 2 aliphatic heterocycles. The summed E-state index contributed by atoms with van der Waals surface area (Å²) in [5, 5.41) is 13.3. The Balaban J connectivity index is 1.30. The minimum absolute atomic E-state index is 0.0101. The summed E-state index contributed by atoms with van der Waals surface area (Å²) in [7, 11) is 0. The van der Waals surface area contributed by atoms with Crippen LogP contribution in [0.25, 0.3) is 0 Å². The molecule has 2 saturated heterocycles. The maximum Gasteiger partial charge on any atom is 0.228 e. The fourth-order valence-electron chi connectivity index (χ4n) is 8.26. The highest BCUT2D eigenvalue weighted by Gasteiger charge is 2.52. The molecule has 0 radical (unpaired) electrons. The van der Waals surface area contributed by atoms with Crippen LogP contribution in [-0.2, 0) is 23.2 Å². The number of amides is 1. The first-order valence-corrected chi connectivity index (χ1v) is 14.5. The molecule has 2 N–H and O–H groups in total. The van der Waals surface area contributed by atoms with Gasteiger partial charge in [0.25, 0.3) is 0 Å². The zero-order valence-corrected chi connectivity index (χ0v) is 21.6. The van der Waals surface area contributed by atoms with Crippen molar-refractivity contribution in [2.45, 2.75) is 88.2 Å². The van der Waals surface area contributed by atoms with E-state index in [0.29, 0.717) is 23.8 Å². The lowest BCUT2D eigenvalue weighted by Gasteiger charge is -2.48. The van der Waals surface area contributed by atoms with Crippen molar-refractivity contribution in [1.29, 1.82) is 0 Å². The molecule has 6 rings (SSSR count). The zero-order valence-electron chi connectivity index (χ0n) is 21.6. The van der Waals surface area contributed by atoms with Crippen molar-refractivity contribution in [3.8, 4) is 0 Å². The molecule has 1 saturated carbocycles. The molecule has 4 atom stereocenters. The molecule has 2 aromatic rings. The van der Waals surface area contributed by atoms with Crippen LogP contribution in [0.2, 0.25) is 0 Å². The van der Waals surface area contributed by atoms with Gasteiger partial charge in [-0.15, -0.1) is 0 Å². The molecule has 3 fully saturated rings. The molecule has 2 aliphatic carbocycles. The van der Waals surface area contributed by atoms with Gasteiger partial charge >= 0.3 is 0 Å². The van der Waals surface area contributed by atoms with Gasteiger partial charge in [0, 0.05) is 31.1 Å². The smallest absolute Gasteiger partial charge is 0.228 e. The summed E-state index contributed by atoms with van der Waals surface area (Å²) in [4.78, 5) is 16.9. The van der Waals surface area contributed by atoms with Crippen molar-refractivity contribution < 1.29 is 9.90 Å². The van der Waals surface area contributed by atoms with Gasteiger partial charge in [-0.1, -0.05) is 67.8 Å². The lowest BCUT2D eigenvalue weighted by molar-refractivity contribution is -0.143. The third kappa shape index (κ3) is 4.31. The Labute approximate surface area is 216 Å². The van der Waals surface area contributed by atoms with Gasteiger partial charge in [0.1, 0.15) is 0 Å². The molecule has 4 nitrogen and oxygen atoms in total. The van der Waals surface area contributed by atoms with Gasteiger partial charge in [-0.2, -0.15) is 0 Å². The summed E-state index contributed by atoms with van der Waals surface area (Å²) < 4.78 is 0. The monoisotopic (exact) mass is 486 g/mol. The first-order valence-electron chi connectivity index (χ1n) is 14.5. The van der Waals surface area contributed by atoms with Crippen molar-refractivity contribution in [3.63, 3.8) is 0 Å². The highest BCUT2D eigenvalue weighted by atomic mass is 16.3. The van der Waals surface area contributed by atoms with Crippen LogP contribution in [0.5, 0.6) is 0 Å². The van der Waals surface area contributed by atoms with E-state index in [2.05, 4.69) is 58.7 Å². The summed E-state index contributed by atoms with van der Waals surface area (Å²) in [6, 6.07) is 17.9. The summed E-state index contributed by atoms with van der Waals surface area (Å²) in [6.45, 7) is 2.66. The Bertz CT molecular complexity index is 1060. The molecule has 1 amide bonds. The Kier molecular flexibility index (Phi) is 6.92. The molecular formula is C32H42N2O2. The first kappa shape index (κ1) is 24.2. The Morgan fingerprint density at radius 3 is 2.67 bits per heavy atom. The van der Waals surface area contributed by atoms with Crippen LogP contribution in [0.3, 0.4) is 0 Å². The Morgan fingerprint density at radius 1 is 1.03 bits per heavy atom. The number of nitrogens with zero attached hydrogens (tertiary/aromatic N) is 1. The number of nitrogens with one attached hydrogen (secondary N) is 1. The van der Waals surface area contributed by atoms with Crippen LogP contribution in [-0.4, -0.2) is 41.6 Å². The van der Waals surface area contributed by atoms with Gasteiger partial charge in [-0.05, 0) is 79.0 Å². The minimum atomic E-state index is -0.105. The number of hydrogen-bond acceptors (Lipinski definition) is 3. The number of rotatable bonds is 4. The van der Waals surface area contributed by atoms with Crippen LogP contribution in [0.4, 0.5) is 0 Å². The Morgan fingerprint density at radius 2 is 1.86 bits per heavy atom. The topological polar surface area (TPSA) is 52.6 Å². The van der Waals surface area contributed by atoms with Crippen LogP contribution < -0.4 is 5.32 Å². The van der Waals surface area contributed by atoms with Gasteiger partial charge in [-0.25, -0.2) is 0 Å². The number of carbonyl (C=O) groups excluding carboxylic acids is 1. The maximum atomic E-state index is 14.5. The second kappa shape index (κ2) is 10.3. The van der Waals surface area contributed by atoms with Gasteiger partial charge in [0.05, 0.1) is 12.5 Å². The normalized spacial score (nSPS) is 30.9. The predicted molar refractivity (Wildman–Crippen MR) is 144 cm³/mol. The van der Waals surface area contributed by atoms with E-state index in [1.165, 1.54) is 48.8 Å². The molecule has 4 aliphatic rings. The fourth-order valence-corrected chi connectivity index (χ4v) is 8.26. The molecule has 0 unspecified atom stereocenters. The van der Waals surface area contributed by atoms with E-state index in [9.17, 15) is 9.90 Å². The molecule has 0 bridgehead atoms. The quantitative estimate of drug-likeness (QED) is 0.614. The highest BCUT2D eigenvalue weighted by Crippen LogP contribution is 2.47. The van der Waals surface area contributed by atoms with Crippen molar-refractivity contribution in [1.82, 2.24) is 10.2 Å². The number of carbonyl (C=O) groups is 1. The average Bonchev–Trinajstić information content (AvgIpc) is 3.37. The fraction of sp³-hybridized carbons (Fsp3) is 0.594. The summed E-state index contributed by atoms with van der Waals surface area (Å²) in [6.07, 6.45) is 12.0. The predicted octanol–water partition coefficient (Wildman–Crippen LogP) is 5.33. The van der Waals surface area contributed by atoms with Gasteiger partial charge in [0.15, 0.2) is 0 Å². The lowest BCUT2D eigenvalue weighted by atomic mass is 9.63. The van der Waals surface area contributed by atoms with Crippen molar-refractivity contribution in [2.24, 2.45) is 11.8 Å². The highest BCUT2D eigenvalue weighted by molar-refractivity contribution is 5.82. The molecule has 0 aromatic heterocycles. The number of likely N-dealkylation sites (tertiary alicyclic amines) is 1. The standard InChI is InChI=1S/C32H42N2O2/c35-21-23-13-14-28-27(18-23)12-7-16-32(28)22-33-20-29(32)31(36)34-17-15-26(24-8-3-1-4-9-24)19-30(34)25-10-5-2-6-11-25/h1,3-4,8-9,13-14,18,25-26,29-30,33,35H,2,5-7,10-12,15-17,19-22H2/t26-,29+,30+,32+/m1/s1. The van der Waals surface area contributed by atoms with Crippen molar-refractivity contribution in [3.05, 3.63) is 70.8 Å². The summed E-state index contributed by atoms with van der Waals surface area (Å²) in [5.74, 6) is 1.62. The number of hydrogen-bond donors (Lipinski definition) is 2. The summed E-state index contributed by atoms with van der Waals surface area (Å²) in [5.41, 5.74) is 5.04. The van der Waals surface area contributed by atoms with E-state index in [1.807, 2.05) is 0 Å². The van der Waals surface area contributed by atoms with Crippen LogP contribution in [0, 0.1) is 11.8 Å². The number of aliphatic hydroxyl groups is 1. The molecular weight excluding hydrogens is 444 g/mol. The number of piperidine rings is 1. The zero-order chi connectivity index (χ0) is 24.5. The van der Waals surface area contributed by atoms with Gasteiger partial charge in [-0.3, -0.25) is 4.79 Å². The maximum absolute atomic E-state index is 14.5. The molecule has 1 spiro atoms. The van der Waals surface area contributed by atoms with Crippen LogP contribution >= 0.6 is 0 Å². The van der Waals surface area contributed by atoms with E-state index < -0.39 is 0 Å². The largest absolute Gasteiger partial charge is 0.392 e.